The minimum Gasteiger partial charge on any atom is -0.355 e. The van der Waals surface area contributed by atoms with E-state index >= 15 is 0 Å². The Morgan fingerprint density at radius 3 is 2.38 bits per heavy atom. The van der Waals surface area contributed by atoms with Crippen LogP contribution in [0.4, 0.5) is 10.1 Å². The molecule has 5 nitrogen and oxygen atoms in total. The van der Waals surface area contributed by atoms with Gasteiger partial charge in [-0.1, -0.05) is 18.2 Å². The smallest absolute Gasteiger partial charge is 0.251 e. The minimum absolute atomic E-state index is 0.0483. The Kier molecular flexibility index (Phi) is 6.03. The molecule has 24 heavy (non-hydrogen) atoms. The molecule has 0 saturated carbocycles. The molecule has 2 rings (SSSR count). The summed E-state index contributed by atoms with van der Waals surface area (Å²) < 4.78 is 13.7. The number of rotatable bonds is 6. The second kappa shape index (κ2) is 8.21. The zero-order valence-corrected chi connectivity index (χ0v) is 13.6. The predicted molar refractivity (Wildman–Crippen MR) is 91.3 cm³/mol. The fourth-order valence-corrected chi connectivity index (χ4v) is 2.24. The maximum atomic E-state index is 13.7. The summed E-state index contributed by atoms with van der Waals surface area (Å²) in [4.78, 5) is 23.4. The highest BCUT2D eigenvalue weighted by Crippen LogP contribution is 2.15. The largest absolute Gasteiger partial charge is 0.355 e. The second-order valence-electron chi connectivity index (χ2n) is 5.33. The van der Waals surface area contributed by atoms with Crippen molar-refractivity contribution in [1.82, 2.24) is 10.6 Å². The van der Waals surface area contributed by atoms with Crippen LogP contribution in [0.1, 0.15) is 28.9 Å². The molecular weight excluding hydrogens is 309 g/mol. The van der Waals surface area contributed by atoms with Crippen molar-refractivity contribution in [2.75, 3.05) is 18.9 Å². The third-order valence-corrected chi connectivity index (χ3v) is 3.60. The third-order valence-electron chi connectivity index (χ3n) is 3.60. The lowest BCUT2D eigenvalue weighted by Gasteiger charge is -2.15. The van der Waals surface area contributed by atoms with Crippen LogP contribution < -0.4 is 16.0 Å². The minimum atomic E-state index is -0.303. The van der Waals surface area contributed by atoms with E-state index in [9.17, 15) is 14.0 Å². The number of amides is 2. The van der Waals surface area contributed by atoms with Gasteiger partial charge >= 0.3 is 0 Å². The second-order valence-corrected chi connectivity index (χ2v) is 5.33. The van der Waals surface area contributed by atoms with E-state index in [1.54, 1.807) is 56.4 Å². The van der Waals surface area contributed by atoms with Crippen molar-refractivity contribution in [1.29, 1.82) is 0 Å². The Bertz CT molecular complexity index is 716. The highest BCUT2D eigenvalue weighted by Gasteiger charge is 2.11. The van der Waals surface area contributed by atoms with Crippen molar-refractivity contribution < 1.29 is 14.0 Å². The van der Waals surface area contributed by atoms with E-state index < -0.39 is 0 Å². The fraction of sp³-hybridized carbons (Fsp3) is 0.222. The maximum Gasteiger partial charge on any atom is 0.251 e. The van der Waals surface area contributed by atoms with E-state index in [-0.39, 0.29) is 30.2 Å². The van der Waals surface area contributed by atoms with Gasteiger partial charge in [0.15, 0.2) is 0 Å². The van der Waals surface area contributed by atoms with Gasteiger partial charge in [0.1, 0.15) is 5.82 Å². The molecule has 1 atom stereocenters. The van der Waals surface area contributed by atoms with Crippen molar-refractivity contribution in [2.45, 2.75) is 13.0 Å². The first-order valence-corrected chi connectivity index (χ1v) is 7.61. The molecule has 0 bridgehead atoms. The number of halogens is 1. The van der Waals surface area contributed by atoms with E-state index in [0.717, 1.165) is 0 Å². The number of nitrogens with one attached hydrogen (secondary N) is 3. The Morgan fingerprint density at radius 2 is 1.75 bits per heavy atom. The first kappa shape index (κ1) is 17.6. The third kappa shape index (κ3) is 4.63. The van der Waals surface area contributed by atoms with Gasteiger partial charge in [-0.2, -0.15) is 0 Å². The summed E-state index contributed by atoms with van der Waals surface area (Å²) in [6.07, 6.45) is 0. The molecular formula is C18H20FN3O2. The molecule has 0 saturated heterocycles. The molecule has 0 spiro atoms. The van der Waals surface area contributed by atoms with Crippen LogP contribution in [-0.2, 0) is 4.79 Å². The molecule has 0 heterocycles. The van der Waals surface area contributed by atoms with E-state index in [2.05, 4.69) is 16.0 Å². The van der Waals surface area contributed by atoms with Gasteiger partial charge in [0.2, 0.25) is 5.91 Å². The molecule has 0 aliphatic rings. The van der Waals surface area contributed by atoms with E-state index in [4.69, 9.17) is 0 Å². The molecule has 0 aromatic heterocycles. The van der Waals surface area contributed by atoms with Crippen molar-refractivity contribution in [3.63, 3.8) is 0 Å². The van der Waals surface area contributed by atoms with Crippen molar-refractivity contribution in [3.8, 4) is 0 Å². The average molecular weight is 329 g/mol. The van der Waals surface area contributed by atoms with Crippen molar-refractivity contribution in [3.05, 3.63) is 65.5 Å². The molecule has 0 aliphatic carbocycles. The summed E-state index contributed by atoms with van der Waals surface area (Å²) in [5, 5.41) is 8.23. The Labute approximate surface area is 140 Å². The van der Waals surface area contributed by atoms with Crippen LogP contribution in [0, 0.1) is 5.82 Å². The van der Waals surface area contributed by atoms with Crippen LogP contribution in [0.15, 0.2) is 48.5 Å². The van der Waals surface area contributed by atoms with Gasteiger partial charge in [-0.15, -0.1) is 0 Å². The lowest BCUT2D eigenvalue weighted by Crippen LogP contribution is -2.30. The molecule has 2 aromatic carbocycles. The van der Waals surface area contributed by atoms with Gasteiger partial charge in [-0.05, 0) is 37.3 Å². The van der Waals surface area contributed by atoms with Crippen LogP contribution >= 0.6 is 0 Å². The molecule has 2 aromatic rings. The monoisotopic (exact) mass is 329 g/mol. The van der Waals surface area contributed by atoms with E-state index in [0.29, 0.717) is 16.8 Å². The summed E-state index contributed by atoms with van der Waals surface area (Å²) in [6, 6.07) is 12.7. The van der Waals surface area contributed by atoms with Crippen LogP contribution in [0.25, 0.3) is 0 Å². The Hall–Kier alpha value is -2.73. The zero-order chi connectivity index (χ0) is 17.5. The summed E-state index contributed by atoms with van der Waals surface area (Å²) in [6.45, 7) is 1.84. The van der Waals surface area contributed by atoms with Crippen LogP contribution in [-0.4, -0.2) is 25.4 Å². The van der Waals surface area contributed by atoms with Gasteiger partial charge in [-0.25, -0.2) is 4.39 Å². The number of hydrogen-bond donors (Lipinski definition) is 3. The summed E-state index contributed by atoms with van der Waals surface area (Å²) >= 11 is 0. The van der Waals surface area contributed by atoms with E-state index in [1.807, 2.05) is 0 Å². The predicted octanol–water partition coefficient (Wildman–Crippen LogP) is 2.47. The fourth-order valence-electron chi connectivity index (χ4n) is 2.24. The normalized spacial score (nSPS) is 11.6. The van der Waals surface area contributed by atoms with E-state index in [1.165, 1.54) is 6.07 Å². The highest BCUT2D eigenvalue weighted by atomic mass is 19.1. The highest BCUT2D eigenvalue weighted by molar-refractivity contribution is 5.96. The Morgan fingerprint density at radius 1 is 1.08 bits per heavy atom. The summed E-state index contributed by atoms with van der Waals surface area (Å²) in [7, 11) is 1.56. The SMILES string of the molecule is CNC(=O)c1ccc(NC(=O)CNC(C)c2ccccc2F)cc1. The average Bonchev–Trinajstić information content (AvgIpc) is 2.60. The number of carbonyl (C=O) groups excluding carboxylic acids is 2. The molecule has 0 aliphatic heterocycles. The first-order chi connectivity index (χ1) is 11.5. The van der Waals surface area contributed by atoms with Crippen LogP contribution in [0.5, 0.6) is 0 Å². The number of hydrogen-bond acceptors (Lipinski definition) is 3. The zero-order valence-electron chi connectivity index (χ0n) is 13.6. The summed E-state index contributed by atoms with van der Waals surface area (Å²) in [5.74, 6) is -0.734. The topological polar surface area (TPSA) is 70.2 Å². The molecule has 3 N–H and O–H groups in total. The molecule has 2 amide bonds. The molecule has 1 unspecified atom stereocenters. The van der Waals surface area contributed by atoms with Crippen molar-refractivity contribution >= 4 is 17.5 Å². The first-order valence-electron chi connectivity index (χ1n) is 7.61. The lowest BCUT2D eigenvalue weighted by atomic mass is 10.1. The van der Waals surface area contributed by atoms with Crippen LogP contribution in [0.3, 0.4) is 0 Å². The molecule has 126 valence electrons. The lowest BCUT2D eigenvalue weighted by molar-refractivity contribution is -0.115. The molecule has 0 fully saturated rings. The standard InChI is InChI=1S/C18H20FN3O2/c1-12(15-5-3-4-6-16(15)19)21-11-17(23)22-14-9-7-13(8-10-14)18(24)20-2/h3-10,12,21H,11H2,1-2H3,(H,20,24)(H,22,23). The molecule has 0 radical (unpaired) electrons. The quantitative estimate of drug-likeness (QED) is 0.762. The van der Waals surface area contributed by atoms with Gasteiger partial charge in [0, 0.05) is 29.9 Å². The van der Waals surface area contributed by atoms with Crippen LogP contribution in [0.2, 0.25) is 0 Å². The molecule has 6 heteroatoms. The van der Waals surface area contributed by atoms with Crippen molar-refractivity contribution in [2.24, 2.45) is 0 Å². The Balaban J connectivity index is 1.87. The van der Waals surface area contributed by atoms with Gasteiger partial charge in [0.25, 0.3) is 5.91 Å². The van der Waals surface area contributed by atoms with Gasteiger partial charge in [0.05, 0.1) is 6.54 Å². The van der Waals surface area contributed by atoms with Gasteiger partial charge in [-0.3, -0.25) is 9.59 Å². The maximum absolute atomic E-state index is 13.7. The number of carbonyl (C=O) groups is 2. The number of benzene rings is 2. The van der Waals surface area contributed by atoms with Gasteiger partial charge < -0.3 is 16.0 Å². The summed E-state index contributed by atoms with van der Waals surface area (Å²) in [5.41, 5.74) is 1.62. The number of anilines is 1.